The van der Waals surface area contributed by atoms with Gasteiger partial charge in [-0.1, -0.05) is 18.7 Å². The quantitative estimate of drug-likeness (QED) is 0.545. The third-order valence-corrected chi connectivity index (χ3v) is 5.12. The van der Waals surface area contributed by atoms with Gasteiger partial charge < -0.3 is 24.3 Å². The first kappa shape index (κ1) is 21.5. The molecule has 0 unspecified atom stereocenters. The number of carbonyl (C=O) groups is 1. The van der Waals surface area contributed by atoms with Crippen molar-refractivity contribution in [2.75, 3.05) is 43.1 Å². The van der Waals surface area contributed by atoms with Gasteiger partial charge in [-0.05, 0) is 37.3 Å². The zero-order valence-corrected chi connectivity index (χ0v) is 18.0. The topological polar surface area (TPSA) is 94.4 Å². The van der Waals surface area contributed by atoms with E-state index in [2.05, 4.69) is 32.0 Å². The van der Waals surface area contributed by atoms with Crippen LogP contribution in [0.15, 0.2) is 55.4 Å². The van der Waals surface area contributed by atoms with Crippen molar-refractivity contribution in [1.82, 2.24) is 19.7 Å². The monoisotopic (exact) mass is 434 g/mol. The molecule has 9 nitrogen and oxygen atoms in total. The smallest absolute Gasteiger partial charge is 0.260 e. The Morgan fingerprint density at radius 2 is 2.12 bits per heavy atom. The molecule has 1 aromatic carbocycles. The number of aryl methyl sites for hydroxylation is 1. The van der Waals surface area contributed by atoms with Gasteiger partial charge in [0.05, 0.1) is 18.8 Å². The molecule has 3 aromatic rings. The first-order valence-electron chi connectivity index (χ1n) is 10.6. The second kappa shape index (κ2) is 10.1. The SMILES string of the molecule is C=CCOc1ccc(N2CCOCC2)cc1C(=O)Nc1cccc(-c2nncn2CC)n1. The summed E-state index contributed by atoms with van der Waals surface area (Å²) in [5, 5.41) is 11.0. The number of carbonyl (C=O) groups excluding carboxylic acids is 1. The molecule has 9 heteroatoms. The molecular formula is C23H26N6O3. The predicted molar refractivity (Wildman–Crippen MR) is 122 cm³/mol. The van der Waals surface area contributed by atoms with Crippen molar-refractivity contribution in [2.24, 2.45) is 0 Å². The minimum absolute atomic E-state index is 0.303. The van der Waals surface area contributed by atoms with E-state index in [1.807, 2.05) is 41.8 Å². The molecule has 0 radical (unpaired) electrons. The van der Waals surface area contributed by atoms with Crippen molar-refractivity contribution in [3.8, 4) is 17.3 Å². The lowest BCUT2D eigenvalue weighted by Gasteiger charge is -2.29. The highest BCUT2D eigenvalue weighted by Gasteiger charge is 2.19. The standard InChI is InChI=1S/C23H26N6O3/c1-3-12-32-20-9-8-17(29-10-13-31-14-11-29)15-18(20)23(30)26-21-7-5-6-19(25-21)22-27-24-16-28(22)4-2/h3,5-9,15-16H,1,4,10-14H2,2H3,(H,25,26,30). The van der Waals surface area contributed by atoms with Gasteiger partial charge in [-0.2, -0.15) is 0 Å². The van der Waals surface area contributed by atoms with Crippen LogP contribution in [0.2, 0.25) is 0 Å². The molecule has 0 aliphatic carbocycles. The van der Waals surface area contributed by atoms with E-state index < -0.39 is 0 Å². The normalized spacial score (nSPS) is 13.6. The minimum atomic E-state index is -0.305. The Morgan fingerprint density at radius 1 is 1.28 bits per heavy atom. The molecule has 0 saturated carbocycles. The molecule has 0 bridgehead atoms. The van der Waals surface area contributed by atoms with Crippen LogP contribution < -0.4 is 15.0 Å². The van der Waals surface area contributed by atoms with Crippen molar-refractivity contribution in [1.29, 1.82) is 0 Å². The summed E-state index contributed by atoms with van der Waals surface area (Å²) in [6.45, 7) is 9.59. The van der Waals surface area contributed by atoms with E-state index in [0.717, 1.165) is 25.3 Å². The molecule has 0 atom stereocenters. The van der Waals surface area contributed by atoms with Gasteiger partial charge in [0.1, 0.15) is 30.2 Å². The second-order valence-electron chi connectivity index (χ2n) is 7.18. The van der Waals surface area contributed by atoms with Crippen molar-refractivity contribution in [3.05, 3.63) is 60.9 Å². The highest BCUT2D eigenvalue weighted by molar-refractivity contribution is 6.06. The molecular weight excluding hydrogens is 408 g/mol. The Labute approximate surface area is 186 Å². The van der Waals surface area contributed by atoms with E-state index in [-0.39, 0.29) is 5.91 Å². The molecule has 1 amide bonds. The first-order valence-corrected chi connectivity index (χ1v) is 10.6. The average Bonchev–Trinajstić information content (AvgIpc) is 3.32. The number of pyridine rings is 1. The number of benzene rings is 1. The van der Waals surface area contributed by atoms with Crippen LogP contribution >= 0.6 is 0 Å². The maximum Gasteiger partial charge on any atom is 0.260 e. The molecule has 1 N–H and O–H groups in total. The number of nitrogens with one attached hydrogen (secondary N) is 1. The first-order chi connectivity index (χ1) is 15.7. The van der Waals surface area contributed by atoms with Crippen molar-refractivity contribution >= 4 is 17.4 Å². The van der Waals surface area contributed by atoms with Crippen molar-refractivity contribution in [2.45, 2.75) is 13.5 Å². The fourth-order valence-corrected chi connectivity index (χ4v) is 3.49. The largest absolute Gasteiger partial charge is 0.489 e. The number of hydrogen-bond donors (Lipinski definition) is 1. The van der Waals surface area contributed by atoms with Crippen LogP contribution in [0.5, 0.6) is 5.75 Å². The van der Waals surface area contributed by atoms with Gasteiger partial charge in [0.2, 0.25) is 0 Å². The van der Waals surface area contributed by atoms with E-state index >= 15 is 0 Å². The molecule has 32 heavy (non-hydrogen) atoms. The van der Waals surface area contributed by atoms with Crippen LogP contribution in [0, 0.1) is 0 Å². The fourth-order valence-electron chi connectivity index (χ4n) is 3.49. The number of amides is 1. The van der Waals surface area contributed by atoms with E-state index in [9.17, 15) is 4.79 Å². The van der Waals surface area contributed by atoms with Gasteiger partial charge in [-0.25, -0.2) is 4.98 Å². The third-order valence-electron chi connectivity index (χ3n) is 5.12. The van der Waals surface area contributed by atoms with Gasteiger partial charge in [0.25, 0.3) is 5.91 Å². The lowest BCUT2D eigenvalue weighted by molar-refractivity contribution is 0.102. The molecule has 1 saturated heterocycles. The molecule has 1 aliphatic heterocycles. The third kappa shape index (κ3) is 4.78. The number of morpholine rings is 1. The van der Waals surface area contributed by atoms with E-state index in [4.69, 9.17) is 9.47 Å². The Hall–Kier alpha value is -3.72. The maximum atomic E-state index is 13.2. The molecule has 4 rings (SSSR count). The van der Waals surface area contributed by atoms with Crippen LogP contribution in [-0.2, 0) is 11.3 Å². The Bertz CT molecular complexity index is 1090. The lowest BCUT2D eigenvalue weighted by Crippen LogP contribution is -2.36. The van der Waals surface area contributed by atoms with Crippen LogP contribution in [0.4, 0.5) is 11.5 Å². The summed E-state index contributed by atoms with van der Waals surface area (Å²) < 4.78 is 13.1. The fraction of sp³-hybridized carbons (Fsp3) is 0.304. The average molecular weight is 435 g/mol. The Kier molecular flexibility index (Phi) is 6.76. The van der Waals surface area contributed by atoms with E-state index in [1.165, 1.54) is 0 Å². The summed E-state index contributed by atoms with van der Waals surface area (Å²) >= 11 is 0. The molecule has 166 valence electrons. The van der Waals surface area contributed by atoms with Crippen LogP contribution in [0.3, 0.4) is 0 Å². The van der Waals surface area contributed by atoms with Crippen molar-refractivity contribution in [3.63, 3.8) is 0 Å². The zero-order valence-electron chi connectivity index (χ0n) is 18.0. The lowest BCUT2D eigenvalue weighted by atomic mass is 10.1. The zero-order chi connectivity index (χ0) is 22.3. The summed E-state index contributed by atoms with van der Waals surface area (Å²) in [6, 6.07) is 11.0. The van der Waals surface area contributed by atoms with Gasteiger partial charge in [0.15, 0.2) is 5.82 Å². The summed E-state index contributed by atoms with van der Waals surface area (Å²) in [4.78, 5) is 20.0. The number of aromatic nitrogens is 4. The van der Waals surface area contributed by atoms with E-state index in [0.29, 0.717) is 48.5 Å². The summed E-state index contributed by atoms with van der Waals surface area (Å²) in [7, 11) is 0. The molecule has 3 heterocycles. The van der Waals surface area contributed by atoms with Gasteiger partial charge in [-0.15, -0.1) is 10.2 Å². The maximum absolute atomic E-state index is 13.2. The van der Waals surface area contributed by atoms with Crippen LogP contribution in [-0.4, -0.2) is 58.6 Å². The number of nitrogens with zero attached hydrogens (tertiary/aromatic N) is 5. The van der Waals surface area contributed by atoms with Gasteiger partial charge in [0, 0.05) is 25.3 Å². The predicted octanol–water partition coefficient (Wildman–Crippen LogP) is 3.01. The number of ether oxygens (including phenoxy) is 2. The number of anilines is 2. The Balaban J connectivity index is 1.60. The highest BCUT2D eigenvalue weighted by atomic mass is 16.5. The molecule has 1 aliphatic rings. The summed E-state index contributed by atoms with van der Waals surface area (Å²) in [5.41, 5.74) is 2.01. The Morgan fingerprint density at radius 3 is 2.91 bits per heavy atom. The van der Waals surface area contributed by atoms with Crippen LogP contribution in [0.25, 0.3) is 11.5 Å². The molecule has 0 spiro atoms. The summed E-state index contributed by atoms with van der Waals surface area (Å²) in [6.07, 6.45) is 3.30. The highest BCUT2D eigenvalue weighted by Crippen LogP contribution is 2.27. The van der Waals surface area contributed by atoms with Crippen molar-refractivity contribution < 1.29 is 14.3 Å². The van der Waals surface area contributed by atoms with Gasteiger partial charge in [-0.3, -0.25) is 4.79 Å². The van der Waals surface area contributed by atoms with E-state index in [1.54, 1.807) is 18.5 Å². The molecule has 1 fully saturated rings. The minimum Gasteiger partial charge on any atom is -0.489 e. The number of rotatable bonds is 8. The second-order valence-corrected chi connectivity index (χ2v) is 7.18. The number of hydrogen-bond acceptors (Lipinski definition) is 7. The molecule has 2 aromatic heterocycles. The summed E-state index contributed by atoms with van der Waals surface area (Å²) in [5.74, 6) is 1.25. The van der Waals surface area contributed by atoms with Crippen LogP contribution in [0.1, 0.15) is 17.3 Å². The van der Waals surface area contributed by atoms with Gasteiger partial charge >= 0.3 is 0 Å².